The minimum Gasteiger partial charge on any atom is -0.462 e. The lowest BCUT2D eigenvalue weighted by molar-refractivity contribution is -0.165. The van der Waals surface area contributed by atoms with Crippen molar-refractivity contribution in [1.82, 2.24) is 0 Å². The molecule has 67 heavy (non-hydrogen) atoms. The maximum atomic E-state index is 14.1. The molecule has 1 rings (SSSR count). The molecule has 0 aliphatic carbocycles. The van der Waals surface area contributed by atoms with Crippen molar-refractivity contribution >= 4 is 11.9 Å². The molecule has 16 atom stereocenters. The molecular formula is C51H97N3O13. The number of esters is 1. The predicted octanol–water partition coefficient (Wildman–Crippen LogP) is 4.17. The fourth-order valence-electron chi connectivity index (χ4n) is 9.26. The molecule has 0 bridgehead atoms. The number of aliphatic hydroxyl groups is 11. The number of ether oxygens (including phenoxy) is 1. The van der Waals surface area contributed by atoms with E-state index in [1.807, 2.05) is 33.8 Å². The van der Waals surface area contributed by atoms with Gasteiger partial charge in [-0.2, -0.15) is 0 Å². The van der Waals surface area contributed by atoms with Crippen LogP contribution in [0.2, 0.25) is 0 Å². The maximum Gasteiger partial charge on any atom is 0.311 e. The molecule has 0 radical (unpaired) electrons. The van der Waals surface area contributed by atoms with Gasteiger partial charge < -0.3 is 72.4 Å². The van der Waals surface area contributed by atoms with Gasteiger partial charge in [-0.05, 0) is 134 Å². The van der Waals surface area contributed by atoms with Crippen molar-refractivity contribution in [1.29, 1.82) is 0 Å². The summed E-state index contributed by atoms with van der Waals surface area (Å²) in [5.74, 6) is -2.48. The summed E-state index contributed by atoms with van der Waals surface area (Å²) in [5.41, 5.74) is 12.6. The van der Waals surface area contributed by atoms with Crippen LogP contribution in [-0.4, -0.2) is 148 Å². The Balaban J connectivity index is 3.25. The van der Waals surface area contributed by atoms with Crippen molar-refractivity contribution in [2.45, 2.75) is 256 Å². The molecule has 394 valence electrons. The minimum atomic E-state index is -1.38. The summed E-state index contributed by atoms with van der Waals surface area (Å²) in [6, 6.07) is 0. The summed E-state index contributed by atoms with van der Waals surface area (Å²) in [6.07, 6.45) is 1.05. The highest BCUT2D eigenvalue weighted by Gasteiger charge is 2.36. The smallest absolute Gasteiger partial charge is 0.311 e. The maximum absolute atomic E-state index is 14.1. The zero-order valence-corrected chi connectivity index (χ0v) is 42.0. The largest absolute Gasteiger partial charge is 0.462 e. The minimum absolute atomic E-state index is 0.0368. The Morgan fingerprint density at radius 3 is 1.82 bits per heavy atom. The first-order chi connectivity index (χ1) is 31.5. The Kier molecular flexibility index (Phi) is 32.8. The van der Waals surface area contributed by atoms with Crippen LogP contribution < -0.4 is 11.5 Å². The van der Waals surface area contributed by atoms with Gasteiger partial charge in [-0.3, -0.25) is 9.79 Å². The second-order valence-corrected chi connectivity index (χ2v) is 20.3. The van der Waals surface area contributed by atoms with E-state index in [4.69, 9.17) is 16.2 Å². The summed E-state index contributed by atoms with van der Waals surface area (Å²) >= 11 is 0. The Labute approximate surface area is 402 Å². The number of cyclic esters (lactones) is 1. The molecule has 1 heterocycles. The van der Waals surface area contributed by atoms with Crippen molar-refractivity contribution in [2.75, 3.05) is 6.54 Å². The first-order valence-electron chi connectivity index (χ1n) is 25.7. The number of allylic oxidation sites excluding steroid dienone is 1. The van der Waals surface area contributed by atoms with Gasteiger partial charge in [-0.25, -0.2) is 0 Å². The van der Waals surface area contributed by atoms with E-state index in [1.54, 1.807) is 6.92 Å². The van der Waals surface area contributed by atoms with Gasteiger partial charge in [0.05, 0.1) is 73.1 Å². The van der Waals surface area contributed by atoms with Crippen molar-refractivity contribution in [3.63, 3.8) is 0 Å². The van der Waals surface area contributed by atoms with Crippen LogP contribution in [-0.2, 0) is 9.53 Å². The van der Waals surface area contributed by atoms with E-state index in [9.17, 15) is 61.0 Å². The van der Waals surface area contributed by atoms with Crippen LogP contribution in [0.1, 0.15) is 183 Å². The lowest BCUT2D eigenvalue weighted by atomic mass is 9.84. The van der Waals surface area contributed by atoms with Gasteiger partial charge in [0.1, 0.15) is 6.10 Å². The fraction of sp³-hybridized carbons (Fsp3) is 0.882. The number of aliphatic imine (C=N–C) groups is 1. The Morgan fingerprint density at radius 2 is 1.21 bits per heavy atom. The van der Waals surface area contributed by atoms with Crippen molar-refractivity contribution in [3.8, 4) is 0 Å². The highest BCUT2D eigenvalue weighted by Crippen LogP contribution is 2.30. The molecule has 0 aromatic carbocycles. The third-order valence-corrected chi connectivity index (χ3v) is 13.7. The molecule has 0 saturated heterocycles. The summed E-state index contributed by atoms with van der Waals surface area (Å²) in [5, 5.41) is 119. The molecule has 16 nitrogen and oxygen atoms in total. The lowest BCUT2D eigenvalue weighted by Gasteiger charge is -2.33. The van der Waals surface area contributed by atoms with Gasteiger partial charge in [-0.15, -0.1) is 0 Å². The van der Waals surface area contributed by atoms with E-state index in [-0.39, 0.29) is 43.5 Å². The fourth-order valence-corrected chi connectivity index (χ4v) is 9.26. The molecule has 0 saturated carbocycles. The number of rotatable bonds is 8. The van der Waals surface area contributed by atoms with Gasteiger partial charge >= 0.3 is 5.97 Å². The van der Waals surface area contributed by atoms with Crippen LogP contribution in [0.25, 0.3) is 0 Å². The van der Waals surface area contributed by atoms with E-state index < -0.39 is 91.1 Å². The molecule has 1 aliphatic rings. The second-order valence-electron chi connectivity index (χ2n) is 20.3. The number of nitrogens with two attached hydrogens (primary N) is 2. The quantitative estimate of drug-likeness (QED) is 0.0534. The molecule has 15 N–H and O–H groups in total. The zero-order chi connectivity index (χ0) is 50.6. The van der Waals surface area contributed by atoms with Crippen LogP contribution in [0.15, 0.2) is 28.3 Å². The first-order valence-corrected chi connectivity index (χ1v) is 25.7. The van der Waals surface area contributed by atoms with Crippen LogP contribution in [0.4, 0.5) is 0 Å². The number of hydrogen-bond donors (Lipinski definition) is 13. The molecule has 0 amide bonds. The van der Waals surface area contributed by atoms with Crippen molar-refractivity contribution in [3.05, 3.63) is 23.3 Å². The molecule has 0 aromatic rings. The molecule has 0 aromatic heterocycles. The number of nitrogens with zero attached hydrogens (tertiary/aromatic N) is 1. The van der Waals surface area contributed by atoms with E-state index >= 15 is 0 Å². The Bertz CT molecular complexity index is 1400. The summed E-state index contributed by atoms with van der Waals surface area (Å²) in [6.45, 7) is 11.6. The third kappa shape index (κ3) is 27.7. The van der Waals surface area contributed by atoms with Gasteiger partial charge in [0, 0.05) is 24.8 Å². The van der Waals surface area contributed by atoms with E-state index in [1.165, 1.54) is 6.08 Å². The number of carbonyl (C=O) groups is 1. The number of aliphatic hydroxyl groups excluding tert-OH is 11. The van der Waals surface area contributed by atoms with E-state index in [2.05, 4.69) is 11.9 Å². The number of unbranched alkanes of at least 4 members (excludes halogenated alkanes) is 2. The highest BCUT2D eigenvalue weighted by molar-refractivity contribution is 5.75. The summed E-state index contributed by atoms with van der Waals surface area (Å²) < 4.78 is 6.24. The molecule has 0 fully saturated rings. The summed E-state index contributed by atoms with van der Waals surface area (Å²) in [4.78, 5) is 18.2. The molecule has 0 spiro atoms. The van der Waals surface area contributed by atoms with Crippen LogP contribution >= 0.6 is 0 Å². The summed E-state index contributed by atoms with van der Waals surface area (Å²) in [7, 11) is 0. The second kappa shape index (κ2) is 35.0. The van der Waals surface area contributed by atoms with Gasteiger partial charge in [-0.1, -0.05) is 71.1 Å². The van der Waals surface area contributed by atoms with Crippen LogP contribution in [0.3, 0.4) is 0 Å². The number of hydrogen-bond acceptors (Lipinski definition) is 14. The molecular weight excluding hydrogens is 863 g/mol. The molecule has 16 heteroatoms. The van der Waals surface area contributed by atoms with Crippen LogP contribution in [0.5, 0.6) is 0 Å². The first kappa shape index (κ1) is 62.8. The Morgan fingerprint density at radius 1 is 0.642 bits per heavy atom. The lowest BCUT2D eigenvalue weighted by Crippen LogP contribution is -2.41. The number of guanidine groups is 1. The SMILES string of the molecule is CCCCCC1C(=O)OC(CCCN=C(N)N)C(C)C(O)C(C)/C=C(\C)CCCCC(O)CC(O)CC(O)CC(O)CC(O)C(O)/C=C(\C)C(O)CCCC(O)CCCC(O)CCC(C)C1O. The van der Waals surface area contributed by atoms with Crippen LogP contribution in [0, 0.1) is 23.7 Å². The van der Waals surface area contributed by atoms with Gasteiger partial charge in [0.2, 0.25) is 0 Å². The predicted molar refractivity (Wildman–Crippen MR) is 262 cm³/mol. The van der Waals surface area contributed by atoms with Gasteiger partial charge in [0.25, 0.3) is 0 Å². The van der Waals surface area contributed by atoms with Crippen molar-refractivity contribution < 1.29 is 65.7 Å². The zero-order valence-electron chi connectivity index (χ0n) is 42.0. The van der Waals surface area contributed by atoms with E-state index in [0.29, 0.717) is 102 Å². The van der Waals surface area contributed by atoms with Crippen molar-refractivity contribution in [2.24, 2.45) is 40.1 Å². The standard InChI is InChI=1S/C51H97N3O13/c1-7-8-9-20-43-49(65)33(3)23-24-38(56)18-12-17-37(55)19-13-21-44(61)34(4)27-45(62)46(63)31-42(60)30-41(59)29-40(58)28-39(57)16-11-10-15-32(2)26-35(5)48(64)36(6)47(67-50(43)66)22-14-25-54-51(52)53/h26-27,33,35-49,55-65H,7-25,28-31H2,1-6H3,(H4,52,53,54)/b32-26+,34-27+. The topological polar surface area (TPSA) is 313 Å². The normalized spacial score (nSPS) is 37.9. The average molecular weight is 960 g/mol. The Hall–Kier alpha value is -2.22. The van der Waals surface area contributed by atoms with E-state index in [0.717, 1.165) is 31.3 Å². The molecule has 16 unspecified atom stereocenters. The third-order valence-electron chi connectivity index (χ3n) is 13.7. The number of carbonyl (C=O) groups excluding carboxylic acids is 1. The van der Waals surface area contributed by atoms with Gasteiger partial charge in [0.15, 0.2) is 5.96 Å². The molecule has 1 aliphatic heterocycles. The average Bonchev–Trinajstić information content (AvgIpc) is 3.25. The highest BCUT2D eigenvalue weighted by atomic mass is 16.5. The monoisotopic (exact) mass is 960 g/mol.